The van der Waals surface area contributed by atoms with E-state index in [0.717, 1.165) is 5.56 Å². The maximum Gasteiger partial charge on any atom is 0.273 e. The van der Waals surface area contributed by atoms with Crippen molar-refractivity contribution in [1.29, 1.82) is 0 Å². The van der Waals surface area contributed by atoms with Gasteiger partial charge in [0.25, 0.3) is 5.91 Å². The number of sulfonamides is 1. The lowest BCUT2D eigenvalue weighted by atomic mass is 10.0. The first-order valence-electron chi connectivity index (χ1n) is 13.7. The Morgan fingerprint density at radius 1 is 1.10 bits per heavy atom. The molecule has 5 N–H and O–H groups in total. The Balaban J connectivity index is 1.36. The quantitative estimate of drug-likeness (QED) is 0.226. The zero-order chi connectivity index (χ0) is 29.7. The molecule has 2 aliphatic rings. The number of hydrogen-bond donors (Lipinski definition) is 3. The highest BCUT2D eigenvalue weighted by atomic mass is 32.2. The topological polar surface area (TPSA) is 162 Å². The fourth-order valence-electron chi connectivity index (χ4n) is 4.50. The number of aliphatic imine (C=N–C) groups is 1. The molecule has 0 saturated carbocycles. The maximum atomic E-state index is 13.5. The van der Waals surface area contributed by atoms with E-state index in [2.05, 4.69) is 14.7 Å². The Bertz CT molecular complexity index is 1620. The minimum Gasteiger partial charge on any atom is -0.399 e. The lowest BCUT2D eigenvalue weighted by molar-refractivity contribution is -0.187. The number of nitrogen functional groups attached to an aromatic ring is 1. The molecule has 0 aliphatic carbocycles. The number of ether oxygens (including phenoxy) is 1. The summed E-state index contributed by atoms with van der Waals surface area (Å²) in [6.45, 7) is 4.01. The second-order valence-electron chi connectivity index (χ2n) is 10.3. The molecule has 42 heavy (non-hydrogen) atoms. The fourth-order valence-corrected chi connectivity index (χ4v) is 5.60. The van der Waals surface area contributed by atoms with Gasteiger partial charge in [0.2, 0.25) is 10.0 Å². The van der Waals surface area contributed by atoms with Crippen LogP contribution in [-0.2, 0) is 31.0 Å². The second-order valence-corrected chi connectivity index (χ2v) is 12.1. The number of anilines is 1. The predicted molar refractivity (Wildman–Crippen MR) is 161 cm³/mol. The van der Waals surface area contributed by atoms with Crippen LogP contribution in [0.25, 0.3) is 17.2 Å². The SMILES string of the molecule is CCCN(OCc1ccc(N)cc1)C(=O)C1=Cc2ccc(-c3cncc(S(=O)(=O)NCC4COC4)c3)cc2N=C(N)C1. The number of aromatic nitrogens is 1. The van der Waals surface area contributed by atoms with Crippen molar-refractivity contribution >= 4 is 39.2 Å². The van der Waals surface area contributed by atoms with Crippen molar-refractivity contribution in [2.45, 2.75) is 31.3 Å². The molecule has 2 aromatic carbocycles. The van der Waals surface area contributed by atoms with Crippen LogP contribution < -0.4 is 16.2 Å². The Labute approximate surface area is 245 Å². The van der Waals surface area contributed by atoms with E-state index in [9.17, 15) is 13.2 Å². The molecule has 0 spiro atoms. The number of amides is 1. The molecule has 3 aromatic rings. The number of nitrogens with zero attached hydrogens (tertiary/aromatic N) is 3. The van der Waals surface area contributed by atoms with Gasteiger partial charge in [-0.1, -0.05) is 31.2 Å². The van der Waals surface area contributed by atoms with Crippen LogP contribution in [-0.4, -0.2) is 56.5 Å². The van der Waals surface area contributed by atoms with Crippen molar-refractivity contribution in [3.8, 4) is 11.1 Å². The van der Waals surface area contributed by atoms with E-state index < -0.39 is 10.0 Å². The third kappa shape index (κ3) is 7.02. The van der Waals surface area contributed by atoms with Crippen molar-refractivity contribution in [2.75, 3.05) is 32.0 Å². The van der Waals surface area contributed by atoms with Gasteiger partial charge in [0.15, 0.2) is 0 Å². The summed E-state index contributed by atoms with van der Waals surface area (Å²) in [6.07, 6.45) is 5.54. The molecule has 12 heteroatoms. The van der Waals surface area contributed by atoms with Crippen LogP contribution >= 0.6 is 0 Å². The molecule has 11 nitrogen and oxygen atoms in total. The highest BCUT2D eigenvalue weighted by Crippen LogP contribution is 2.32. The summed E-state index contributed by atoms with van der Waals surface area (Å²) in [5.41, 5.74) is 16.6. The van der Waals surface area contributed by atoms with Crippen LogP contribution in [0.2, 0.25) is 0 Å². The Morgan fingerprint density at radius 2 is 1.88 bits per heavy atom. The van der Waals surface area contributed by atoms with E-state index in [4.69, 9.17) is 21.0 Å². The lowest BCUT2D eigenvalue weighted by Crippen LogP contribution is -2.39. The van der Waals surface area contributed by atoms with E-state index >= 15 is 0 Å². The Kier molecular flexibility index (Phi) is 8.97. The summed E-state index contributed by atoms with van der Waals surface area (Å²) >= 11 is 0. The molecule has 0 unspecified atom stereocenters. The predicted octanol–water partition coefficient (Wildman–Crippen LogP) is 3.40. The van der Waals surface area contributed by atoms with Crippen LogP contribution in [0.5, 0.6) is 0 Å². The molecule has 1 saturated heterocycles. The molecular weight excluding hydrogens is 556 g/mol. The van der Waals surface area contributed by atoms with Gasteiger partial charge < -0.3 is 16.2 Å². The van der Waals surface area contributed by atoms with E-state index in [1.807, 2.05) is 31.2 Å². The summed E-state index contributed by atoms with van der Waals surface area (Å²) in [5.74, 6) is 0.169. The number of hydrogen-bond acceptors (Lipinski definition) is 9. The van der Waals surface area contributed by atoms with Crippen LogP contribution in [0.1, 0.15) is 30.9 Å². The maximum absolute atomic E-state index is 13.5. The lowest BCUT2D eigenvalue weighted by Gasteiger charge is -2.25. The summed E-state index contributed by atoms with van der Waals surface area (Å²) in [7, 11) is -3.73. The van der Waals surface area contributed by atoms with Crippen LogP contribution in [0.3, 0.4) is 0 Å². The summed E-state index contributed by atoms with van der Waals surface area (Å²) in [5, 5.41) is 1.36. The second kappa shape index (κ2) is 12.8. The molecule has 5 rings (SSSR count). The summed E-state index contributed by atoms with van der Waals surface area (Å²) in [6, 6.07) is 14.3. The third-order valence-electron chi connectivity index (χ3n) is 6.92. The first-order chi connectivity index (χ1) is 20.2. The van der Waals surface area contributed by atoms with E-state index in [0.29, 0.717) is 66.4 Å². The molecule has 1 amide bonds. The highest BCUT2D eigenvalue weighted by Gasteiger charge is 2.24. The van der Waals surface area contributed by atoms with Gasteiger partial charge in [0.05, 0.1) is 18.9 Å². The molecule has 0 radical (unpaired) electrons. The van der Waals surface area contributed by atoms with Gasteiger partial charge in [-0.25, -0.2) is 23.2 Å². The van der Waals surface area contributed by atoms with Crippen molar-refractivity contribution < 1.29 is 22.8 Å². The minimum absolute atomic E-state index is 0.0703. The van der Waals surface area contributed by atoms with Gasteiger partial charge in [0.1, 0.15) is 17.3 Å². The molecule has 3 heterocycles. The average Bonchev–Trinajstić information content (AvgIpc) is 3.12. The first kappa shape index (κ1) is 29.4. The largest absolute Gasteiger partial charge is 0.399 e. The van der Waals surface area contributed by atoms with Crippen molar-refractivity contribution in [3.05, 3.63) is 77.6 Å². The average molecular weight is 591 g/mol. The molecule has 0 bridgehead atoms. The first-order valence-corrected chi connectivity index (χ1v) is 15.2. The number of fused-ring (bicyclic) bond motifs is 1. The smallest absolute Gasteiger partial charge is 0.273 e. The van der Waals surface area contributed by atoms with E-state index in [-0.39, 0.29) is 35.6 Å². The number of carbonyl (C=O) groups is 1. The van der Waals surface area contributed by atoms with E-state index in [1.54, 1.807) is 36.5 Å². The molecule has 1 aromatic heterocycles. The fraction of sp³-hybridized carbons (Fsp3) is 0.300. The number of benzene rings is 2. The number of pyridine rings is 1. The molecule has 220 valence electrons. The van der Waals surface area contributed by atoms with Gasteiger partial charge in [0, 0.05) is 60.2 Å². The van der Waals surface area contributed by atoms with Gasteiger partial charge in [-0.2, -0.15) is 0 Å². The number of carbonyl (C=O) groups excluding carboxylic acids is 1. The monoisotopic (exact) mass is 590 g/mol. The highest BCUT2D eigenvalue weighted by molar-refractivity contribution is 7.89. The molecular formula is C30H34N6O5S. The van der Waals surface area contributed by atoms with Crippen molar-refractivity contribution in [1.82, 2.24) is 14.8 Å². The number of nitrogens with two attached hydrogens (primary N) is 2. The number of rotatable bonds is 11. The standard InChI is InChI=1S/C30H34N6O5S/c1-2-9-36(41-19-20-3-7-26(31)8-4-20)30(37)24-10-23-6-5-22(12-28(23)35-29(32)13-24)25-11-27(16-33-15-25)42(38,39)34-14-21-17-40-18-21/h3-8,10-12,15-16,21,34H,2,9,13-14,17-19,31H2,1H3,(H2,32,35). The van der Waals surface area contributed by atoms with Crippen molar-refractivity contribution in [2.24, 2.45) is 16.6 Å². The normalized spacial score (nSPS) is 15.2. The van der Waals surface area contributed by atoms with Gasteiger partial charge in [-0.15, -0.1) is 0 Å². The third-order valence-corrected chi connectivity index (χ3v) is 8.31. The zero-order valence-electron chi connectivity index (χ0n) is 23.3. The van der Waals surface area contributed by atoms with E-state index in [1.165, 1.54) is 11.3 Å². The zero-order valence-corrected chi connectivity index (χ0v) is 24.1. The summed E-state index contributed by atoms with van der Waals surface area (Å²) in [4.78, 5) is 28.2. The number of nitrogens with one attached hydrogen (secondary N) is 1. The van der Waals surface area contributed by atoms with Crippen LogP contribution in [0, 0.1) is 5.92 Å². The molecule has 1 fully saturated rings. The minimum atomic E-state index is -3.73. The Morgan fingerprint density at radius 3 is 2.60 bits per heavy atom. The van der Waals surface area contributed by atoms with Gasteiger partial charge in [-0.3, -0.25) is 14.6 Å². The van der Waals surface area contributed by atoms with Crippen LogP contribution in [0.15, 0.2) is 76.4 Å². The van der Waals surface area contributed by atoms with Crippen LogP contribution in [0.4, 0.5) is 11.4 Å². The summed E-state index contributed by atoms with van der Waals surface area (Å²) < 4.78 is 33.4. The van der Waals surface area contributed by atoms with Gasteiger partial charge in [-0.05, 0) is 47.9 Å². The molecule has 2 aliphatic heterocycles. The van der Waals surface area contributed by atoms with Crippen molar-refractivity contribution in [3.63, 3.8) is 0 Å². The number of amidine groups is 1. The molecule has 0 atom stereocenters. The number of hydroxylamine groups is 2. The van der Waals surface area contributed by atoms with Gasteiger partial charge >= 0.3 is 0 Å². The Hall–Kier alpha value is -4.10.